The molecule has 1 heterocycles. The average Bonchev–Trinajstić information content (AvgIpc) is 2.83. The second-order valence-electron chi connectivity index (χ2n) is 4.21. The molecular weight excluding hydrogens is 314 g/mol. The van der Waals surface area contributed by atoms with Crippen LogP contribution in [-0.4, -0.2) is 51.0 Å². The Hall–Kier alpha value is -2.62. The molecule has 5 N–H and O–H groups in total. The van der Waals surface area contributed by atoms with Crippen LogP contribution >= 0.6 is 11.8 Å². The number of nitrogens with zero attached hydrogens (tertiary/aromatic N) is 1. The van der Waals surface area contributed by atoms with Gasteiger partial charge in [-0.3, -0.25) is 0 Å². The molecule has 9 nitrogen and oxygen atoms in total. The average molecular weight is 327 g/mol. The van der Waals surface area contributed by atoms with Crippen LogP contribution in [0.1, 0.15) is 0 Å². The van der Waals surface area contributed by atoms with E-state index in [-0.39, 0.29) is 12.4 Å². The second-order valence-corrected chi connectivity index (χ2v) is 5.22. The molecule has 0 radical (unpaired) electrons. The fraction of sp³-hybridized carbons (Fsp3) is 0.250. The van der Waals surface area contributed by atoms with Crippen LogP contribution in [0.2, 0.25) is 0 Å². The molecule has 0 aliphatic carbocycles. The summed E-state index contributed by atoms with van der Waals surface area (Å²) in [6.45, 7) is -0.387. The van der Waals surface area contributed by atoms with Gasteiger partial charge in [-0.1, -0.05) is 11.8 Å². The van der Waals surface area contributed by atoms with Gasteiger partial charge in [-0.05, 0) is 18.2 Å². The summed E-state index contributed by atoms with van der Waals surface area (Å²) in [4.78, 5) is 28.2. The number of benzene rings is 1. The Labute approximate surface area is 128 Å². The van der Waals surface area contributed by atoms with Crippen molar-refractivity contribution in [3.8, 4) is 0 Å². The molecule has 1 aromatic carbocycles. The van der Waals surface area contributed by atoms with E-state index in [9.17, 15) is 9.59 Å². The molecule has 0 spiro atoms. The first-order valence-corrected chi connectivity index (χ1v) is 7.06. The van der Waals surface area contributed by atoms with Crippen LogP contribution in [0, 0.1) is 0 Å². The van der Waals surface area contributed by atoms with E-state index in [1.165, 1.54) is 11.8 Å². The maximum atomic E-state index is 10.6. The fourth-order valence-electron chi connectivity index (χ4n) is 1.67. The van der Waals surface area contributed by atoms with E-state index in [1.807, 2.05) is 0 Å². The number of hydrogen-bond acceptors (Lipinski definition) is 7. The molecule has 10 heteroatoms. The van der Waals surface area contributed by atoms with Gasteiger partial charge in [-0.15, -0.1) is 0 Å². The van der Waals surface area contributed by atoms with Crippen LogP contribution in [0.3, 0.4) is 0 Å². The predicted octanol–water partition coefficient (Wildman–Crippen LogP) is 2.00. The third-order valence-corrected chi connectivity index (χ3v) is 3.56. The van der Waals surface area contributed by atoms with E-state index < -0.39 is 18.4 Å². The summed E-state index contributed by atoms with van der Waals surface area (Å²) in [5.74, 6) is 0.148. The third-order valence-electron chi connectivity index (χ3n) is 2.55. The van der Waals surface area contributed by atoms with Gasteiger partial charge in [0.05, 0.1) is 11.0 Å². The van der Waals surface area contributed by atoms with Gasteiger partial charge in [0.2, 0.25) is 0 Å². The van der Waals surface area contributed by atoms with E-state index in [2.05, 4.69) is 19.4 Å². The molecule has 0 amide bonds. The number of aromatic nitrogens is 2. The number of carboxylic acid groups (broad SMARTS) is 2. The number of nitrogen functional groups attached to an aromatic ring is 1. The van der Waals surface area contributed by atoms with Crippen LogP contribution in [0.5, 0.6) is 0 Å². The number of carbonyl (C=O) groups is 2. The van der Waals surface area contributed by atoms with E-state index in [4.69, 9.17) is 15.9 Å². The van der Waals surface area contributed by atoms with Gasteiger partial charge in [0.15, 0.2) is 5.16 Å². The topological polar surface area (TPSA) is 148 Å². The molecule has 2 aromatic rings. The summed E-state index contributed by atoms with van der Waals surface area (Å²) in [5.41, 5.74) is 7.73. The van der Waals surface area contributed by atoms with Gasteiger partial charge >= 0.3 is 12.3 Å². The van der Waals surface area contributed by atoms with Gasteiger partial charge < -0.3 is 30.4 Å². The maximum absolute atomic E-state index is 10.6. The zero-order valence-electron chi connectivity index (χ0n) is 11.2. The molecule has 0 aliphatic rings. The van der Waals surface area contributed by atoms with Gasteiger partial charge in [0, 0.05) is 11.4 Å². The first-order valence-electron chi connectivity index (χ1n) is 6.07. The first kappa shape index (κ1) is 15.8. The van der Waals surface area contributed by atoms with Crippen molar-refractivity contribution in [1.82, 2.24) is 9.97 Å². The highest BCUT2D eigenvalue weighted by atomic mass is 32.2. The number of nitrogens with two attached hydrogens (primary N) is 1. The number of imidazole rings is 1. The quantitative estimate of drug-likeness (QED) is 0.355. The summed E-state index contributed by atoms with van der Waals surface area (Å²) in [6.07, 6.45) is -3.93. The monoisotopic (exact) mass is 327 g/mol. The van der Waals surface area contributed by atoms with Crippen molar-refractivity contribution in [3.05, 3.63) is 18.2 Å². The minimum Gasteiger partial charge on any atom is -0.450 e. The number of thioether (sulfide) groups is 1. The van der Waals surface area contributed by atoms with Crippen LogP contribution in [0.25, 0.3) is 11.0 Å². The van der Waals surface area contributed by atoms with Crippen molar-refractivity contribution in [2.24, 2.45) is 0 Å². The number of rotatable bonds is 6. The molecule has 1 atom stereocenters. The van der Waals surface area contributed by atoms with E-state index in [1.54, 1.807) is 18.2 Å². The Morgan fingerprint density at radius 3 is 2.82 bits per heavy atom. The molecule has 0 aliphatic heterocycles. The molecule has 2 rings (SSSR count). The Balaban J connectivity index is 1.99. The van der Waals surface area contributed by atoms with Crippen molar-refractivity contribution in [2.45, 2.75) is 11.3 Å². The van der Waals surface area contributed by atoms with Crippen LogP contribution in [-0.2, 0) is 9.47 Å². The Morgan fingerprint density at radius 2 is 2.14 bits per heavy atom. The molecule has 0 bridgehead atoms. The van der Waals surface area contributed by atoms with Crippen LogP contribution in [0.4, 0.5) is 15.3 Å². The van der Waals surface area contributed by atoms with Gasteiger partial charge in [0.1, 0.15) is 12.7 Å². The van der Waals surface area contributed by atoms with Crippen molar-refractivity contribution >= 4 is 40.8 Å². The molecule has 1 unspecified atom stereocenters. The molecular formula is C12H13N3O6S. The Bertz CT molecular complexity index is 689. The Kier molecular flexibility index (Phi) is 4.94. The number of aromatic amines is 1. The fourth-order valence-corrected chi connectivity index (χ4v) is 2.52. The number of anilines is 1. The van der Waals surface area contributed by atoms with Crippen LogP contribution in [0.15, 0.2) is 23.4 Å². The highest BCUT2D eigenvalue weighted by molar-refractivity contribution is 7.99. The largest absolute Gasteiger partial charge is 0.506 e. The predicted molar refractivity (Wildman–Crippen MR) is 78.1 cm³/mol. The maximum Gasteiger partial charge on any atom is 0.506 e. The lowest BCUT2D eigenvalue weighted by Crippen LogP contribution is -2.26. The number of fused-ring (bicyclic) bond motifs is 1. The third kappa shape index (κ3) is 4.45. The summed E-state index contributed by atoms with van der Waals surface area (Å²) in [5, 5.41) is 17.6. The smallest absolute Gasteiger partial charge is 0.450 e. The second kappa shape index (κ2) is 6.89. The zero-order valence-corrected chi connectivity index (χ0v) is 12.0. The van der Waals surface area contributed by atoms with Gasteiger partial charge in [0.25, 0.3) is 0 Å². The van der Waals surface area contributed by atoms with Gasteiger partial charge in [-0.25, -0.2) is 14.6 Å². The molecule has 1 aromatic heterocycles. The lowest BCUT2D eigenvalue weighted by Gasteiger charge is -2.13. The zero-order chi connectivity index (χ0) is 16.1. The van der Waals surface area contributed by atoms with E-state index >= 15 is 0 Å². The minimum absolute atomic E-state index is 0.148. The molecule has 118 valence electrons. The van der Waals surface area contributed by atoms with Crippen molar-refractivity contribution < 1.29 is 29.3 Å². The molecule has 0 saturated heterocycles. The Morgan fingerprint density at radius 1 is 1.36 bits per heavy atom. The van der Waals surface area contributed by atoms with Crippen molar-refractivity contribution in [3.63, 3.8) is 0 Å². The normalized spacial score (nSPS) is 12.0. The molecule has 22 heavy (non-hydrogen) atoms. The first-order chi connectivity index (χ1) is 10.4. The highest BCUT2D eigenvalue weighted by Gasteiger charge is 2.17. The lowest BCUT2D eigenvalue weighted by atomic mass is 10.3. The number of hydrogen-bond donors (Lipinski definition) is 4. The minimum atomic E-state index is -1.50. The van der Waals surface area contributed by atoms with Gasteiger partial charge in [-0.2, -0.15) is 0 Å². The van der Waals surface area contributed by atoms with Crippen molar-refractivity contribution in [2.75, 3.05) is 18.1 Å². The number of nitrogens with one attached hydrogen (secondary N) is 1. The van der Waals surface area contributed by atoms with E-state index in [0.717, 1.165) is 5.52 Å². The number of ether oxygens (including phenoxy) is 2. The SMILES string of the molecule is Nc1ccc2nc(SCC(COC(=O)O)OC(=O)O)[nH]c2c1. The highest BCUT2D eigenvalue weighted by Crippen LogP contribution is 2.22. The summed E-state index contributed by atoms with van der Waals surface area (Å²) in [7, 11) is 0. The molecule has 0 saturated carbocycles. The van der Waals surface area contributed by atoms with E-state index in [0.29, 0.717) is 16.4 Å². The lowest BCUT2D eigenvalue weighted by molar-refractivity contribution is 0.0140. The number of H-pyrrole nitrogens is 1. The molecule has 0 fully saturated rings. The summed E-state index contributed by atoms with van der Waals surface area (Å²) >= 11 is 1.19. The summed E-state index contributed by atoms with van der Waals surface area (Å²) < 4.78 is 8.90. The van der Waals surface area contributed by atoms with Crippen LogP contribution < -0.4 is 5.73 Å². The summed E-state index contributed by atoms with van der Waals surface area (Å²) in [6, 6.07) is 5.20. The van der Waals surface area contributed by atoms with Crippen molar-refractivity contribution in [1.29, 1.82) is 0 Å². The standard InChI is InChI=1S/C12H13N3O6S/c13-6-1-2-8-9(3-6)15-10(14-8)22-5-7(21-12(18)19)4-20-11(16)17/h1-3,7H,4-5,13H2,(H,14,15)(H,16,17)(H,18,19).